The van der Waals surface area contributed by atoms with Gasteiger partial charge in [0.2, 0.25) is 11.6 Å². The second-order valence-corrected chi connectivity index (χ2v) is 7.01. The van der Waals surface area contributed by atoms with Gasteiger partial charge in [-0.2, -0.15) is 0 Å². The van der Waals surface area contributed by atoms with Crippen molar-refractivity contribution >= 4 is 45.9 Å². The predicted octanol–water partition coefficient (Wildman–Crippen LogP) is 2.58. The highest BCUT2D eigenvalue weighted by atomic mass is 127. The number of aromatic nitrogens is 2. The lowest BCUT2D eigenvalue weighted by Crippen LogP contribution is -2.36. The number of aromatic amines is 1. The normalized spacial score (nSPS) is 10.5. The van der Waals surface area contributed by atoms with E-state index in [1.807, 2.05) is 54.6 Å². The minimum Gasteiger partial charge on any atom is -0.325 e. The third kappa shape index (κ3) is 4.06. The quantitative estimate of drug-likeness (QED) is 0.353. The monoisotopic (exact) mass is 454 g/mol. The Balaban J connectivity index is 1.69. The van der Waals surface area contributed by atoms with E-state index >= 15 is 0 Å². The van der Waals surface area contributed by atoms with Crippen LogP contribution in [0.5, 0.6) is 0 Å². The van der Waals surface area contributed by atoms with E-state index in [-0.39, 0.29) is 11.7 Å². The van der Waals surface area contributed by atoms with E-state index in [0.717, 1.165) is 26.7 Å². The smallest absolute Gasteiger partial charge is 0.325 e. The molecule has 0 unspecified atom stereocenters. The van der Waals surface area contributed by atoms with Crippen LogP contribution >= 0.6 is 34.4 Å². The molecule has 122 valence electrons. The third-order valence-electron chi connectivity index (χ3n) is 3.09. The molecular formula is C16H13IN3O3S+. The molecule has 2 aromatic carbocycles. The summed E-state index contributed by atoms with van der Waals surface area (Å²) < 4.78 is 7.45. The van der Waals surface area contributed by atoms with E-state index in [2.05, 4.69) is 33.2 Å². The highest BCUT2D eigenvalue weighted by Crippen LogP contribution is 2.14. The van der Waals surface area contributed by atoms with Crippen LogP contribution in [0.15, 0.2) is 68.9 Å². The number of rotatable bonds is 5. The Kier molecular flexibility index (Phi) is 5.36. The lowest BCUT2D eigenvalue weighted by molar-refractivity contribution is -0.704. The Hall–Kier alpha value is -2.07. The van der Waals surface area contributed by atoms with Gasteiger partial charge in [-0.1, -0.05) is 18.2 Å². The largest absolute Gasteiger partial charge is 0.442 e. The Morgan fingerprint density at radius 2 is 1.88 bits per heavy atom. The van der Waals surface area contributed by atoms with E-state index in [1.54, 1.807) is 0 Å². The summed E-state index contributed by atoms with van der Waals surface area (Å²) in [5.74, 6) is -0.0945. The molecule has 8 heteroatoms. The maximum Gasteiger partial charge on any atom is 0.442 e. The van der Waals surface area contributed by atoms with Crippen molar-refractivity contribution in [2.75, 3.05) is 11.1 Å². The summed E-state index contributed by atoms with van der Waals surface area (Å²) in [6.45, 7) is 0. The Bertz CT molecular complexity index is 891. The van der Waals surface area contributed by atoms with Crippen molar-refractivity contribution in [3.05, 3.63) is 68.6 Å². The van der Waals surface area contributed by atoms with Crippen LogP contribution in [-0.2, 0) is 4.79 Å². The summed E-state index contributed by atoms with van der Waals surface area (Å²) in [5, 5.41) is 5.66. The molecule has 0 saturated carbocycles. The minimum atomic E-state index is -0.508. The van der Waals surface area contributed by atoms with Crippen LogP contribution in [0, 0.1) is 3.57 Å². The van der Waals surface area contributed by atoms with Crippen molar-refractivity contribution < 1.29 is 14.0 Å². The molecule has 0 bridgehead atoms. The molecular weight excluding hydrogens is 441 g/mol. The van der Waals surface area contributed by atoms with Crippen LogP contribution in [0.3, 0.4) is 0 Å². The molecule has 1 aromatic heterocycles. The molecule has 0 saturated heterocycles. The first kappa shape index (κ1) is 16.8. The number of anilines is 1. The van der Waals surface area contributed by atoms with Gasteiger partial charge in [-0.05, 0) is 68.6 Å². The minimum absolute atomic E-state index is 0.0986. The van der Waals surface area contributed by atoms with Crippen molar-refractivity contribution in [1.29, 1.82) is 0 Å². The summed E-state index contributed by atoms with van der Waals surface area (Å²) in [7, 11) is 0. The number of benzene rings is 2. The Morgan fingerprint density at radius 3 is 2.58 bits per heavy atom. The van der Waals surface area contributed by atoms with E-state index in [4.69, 9.17) is 4.52 Å². The highest BCUT2D eigenvalue weighted by Gasteiger charge is 2.24. The topological polar surface area (TPSA) is 79.0 Å². The van der Waals surface area contributed by atoms with Crippen LogP contribution in [-0.4, -0.2) is 16.9 Å². The number of hydrogen-bond acceptors (Lipinski definition) is 4. The number of para-hydroxylation sites is 1. The maximum absolute atomic E-state index is 12.1. The summed E-state index contributed by atoms with van der Waals surface area (Å²) in [4.78, 5) is 23.9. The zero-order valence-electron chi connectivity index (χ0n) is 12.4. The van der Waals surface area contributed by atoms with Crippen molar-refractivity contribution in [1.82, 2.24) is 5.27 Å². The average molecular weight is 454 g/mol. The van der Waals surface area contributed by atoms with Gasteiger partial charge in [0.15, 0.2) is 0 Å². The Labute approximate surface area is 155 Å². The number of thioether (sulfide) groups is 1. The van der Waals surface area contributed by atoms with Gasteiger partial charge in [-0.3, -0.25) is 9.32 Å². The number of halogens is 1. The van der Waals surface area contributed by atoms with E-state index in [1.165, 1.54) is 4.68 Å². The fourth-order valence-electron chi connectivity index (χ4n) is 2.00. The maximum atomic E-state index is 12.1. The van der Waals surface area contributed by atoms with Gasteiger partial charge in [0.25, 0.3) is 0 Å². The zero-order valence-corrected chi connectivity index (χ0v) is 15.3. The van der Waals surface area contributed by atoms with Crippen LogP contribution in [0.25, 0.3) is 5.69 Å². The van der Waals surface area contributed by atoms with Gasteiger partial charge in [0, 0.05) is 21.4 Å². The summed E-state index contributed by atoms with van der Waals surface area (Å²) in [6, 6.07) is 16.7. The van der Waals surface area contributed by atoms with Crippen LogP contribution in [0.1, 0.15) is 0 Å². The Morgan fingerprint density at radius 1 is 1.17 bits per heavy atom. The van der Waals surface area contributed by atoms with E-state index in [0.29, 0.717) is 5.03 Å². The van der Waals surface area contributed by atoms with Gasteiger partial charge in [0.05, 0.1) is 5.75 Å². The SMILES string of the molecule is O=C(CSc1c(=O)o[nH][n+]1-c1ccccc1)Nc1ccc(I)cc1. The van der Waals surface area contributed by atoms with Crippen LogP contribution in [0.2, 0.25) is 0 Å². The average Bonchev–Trinajstić information content (AvgIpc) is 2.97. The van der Waals surface area contributed by atoms with Crippen molar-refractivity contribution in [2.45, 2.75) is 5.03 Å². The van der Waals surface area contributed by atoms with Gasteiger partial charge >= 0.3 is 10.7 Å². The molecule has 0 atom stereocenters. The van der Waals surface area contributed by atoms with Crippen molar-refractivity contribution in [3.8, 4) is 5.69 Å². The first-order chi connectivity index (χ1) is 11.6. The lowest BCUT2D eigenvalue weighted by Gasteiger charge is -2.03. The lowest BCUT2D eigenvalue weighted by atomic mass is 10.3. The first-order valence-corrected chi connectivity index (χ1v) is 9.07. The number of nitrogens with zero attached hydrogens (tertiary/aromatic N) is 1. The molecule has 0 spiro atoms. The summed E-state index contributed by atoms with van der Waals surface area (Å²) in [6.07, 6.45) is 0. The molecule has 0 aliphatic rings. The number of carbonyl (C=O) groups is 1. The molecule has 1 amide bonds. The van der Waals surface area contributed by atoms with Crippen molar-refractivity contribution in [2.24, 2.45) is 0 Å². The summed E-state index contributed by atoms with van der Waals surface area (Å²) in [5.41, 5.74) is 0.966. The first-order valence-electron chi connectivity index (χ1n) is 7.00. The number of hydrogen-bond donors (Lipinski definition) is 2. The third-order valence-corrected chi connectivity index (χ3v) is 4.84. The van der Waals surface area contributed by atoms with Crippen molar-refractivity contribution in [3.63, 3.8) is 0 Å². The standard InChI is InChI=1S/C16H12IN3O3S/c17-11-6-8-12(9-7-11)18-14(21)10-24-15-16(22)23-19-20(15)13-4-2-1-3-5-13/h1-9H,10H2,(H-,18,19,21,22)/p+1. The molecule has 3 rings (SSSR count). The zero-order chi connectivity index (χ0) is 16.9. The number of carbonyl (C=O) groups excluding carboxylic acids is 1. The highest BCUT2D eigenvalue weighted by molar-refractivity contribution is 14.1. The molecule has 0 aliphatic carbocycles. The van der Waals surface area contributed by atoms with E-state index in [9.17, 15) is 9.59 Å². The molecule has 0 aliphatic heterocycles. The molecule has 0 fully saturated rings. The van der Waals surface area contributed by atoms with Gasteiger partial charge in [-0.15, -0.1) is 0 Å². The van der Waals surface area contributed by atoms with Crippen LogP contribution in [0.4, 0.5) is 5.69 Å². The van der Waals surface area contributed by atoms with Gasteiger partial charge < -0.3 is 5.32 Å². The fourth-order valence-corrected chi connectivity index (χ4v) is 3.13. The molecule has 1 heterocycles. The molecule has 3 aromatic rings. The van der Waals surface area contributed by atoms with Gasteiger partial charge in [-0.25, -0.2) is 4.79 Å². The summed E-state index contributed by atoms with van der Waals surface area (Å²) >= 11 is 3.32. The fraction of sp³-hybridized carbons (Fsp3) is 0.0625. The molecule has 0 radical (unpaired) electrons. The molecule has 24 heavy (non-hydrogen) atoms. The number of amides is 1. The number of nitrogens with one attached hydrogen (secondary N) is 2. The molecule has 6 nitrogen and oxygen atoms in total. The second-order valence-electron chi connectivity index (χ2n) is 4.80. The number of H-pyrrole nitrogens is 1. The second kappa shape index (κ2) is 7.67. The van der Waals surface area contributed by atoms with Gasteiger partial charge in [0.1, 0.15) is 0 Å². The van der Waals surface area contributed by atoms with E-state index < -0.39 is 5.63 Å². The molecule has 2 N–H and O–H groups in total. The predicted molar refractivity (Wildman–Crippen MR) is 99.4 cm³/mol. The van der Waals surface area contributed by atoms with Crippen LogP contribution < -0.4 is 15.6 Å².